The fourth-order valence-corrected chi connectivity index (χ4v) is 1.86. The van der Waals surface area contributed by atoms with Crippen molar-refractivity contribution in [2.24, 2.45) is 5.73 Å². The molecule has 0 aliphatic heterocycles. The molecule has 1 aromatic heterocycles. The summed E-state index contributed by atoms with van der Waals surface area (Å²) in [6.45, 7) is 0. The first-order chi connectivity index (χ1) is 8.56. The zero-order valence-corrected chi connectivity index (χ0v) is 10.9. The van der Waals surface area contributed by atoms with Gasteiger partial charge in [0.25, 0.3) is 0 Å². The van der Waals surface area contributed by atoms with Crippen LogP contribution in [0.25, 0.3) is 0 Å². The van der Waals surface area contributed by atoms with Gasteiger partial charge in [0.05, 0.1) is 21.8 Å². The third-order valence-electron chi connectivity index (χ3n) is 2.57. The highest BCUT2D eigenvalue weighted by Gasteiger charge is 2.10. The molecule has 2 aromatic rings. The summed E-state index contributed by atoms with van der Waals surface area (Å²) in [5, 5.41) is 0.667. The number of rotatable bonds is 3. The maximum absolute atomic E-state index is 13.3. The van der Waals surface area contributed by atoms with E-state index in [4.69, 9.17) is 28.9 Å². The molecule has 0 saturated heterocycles. The molecule has 0 bridgehead atoms. The van der Waals surface area contributed by atoms with Gasteiger partial charge in [0.2, 0.25) is 0 Å². The van der Waals surface area contributed by atoms with Gasteiger partial charge in [-0.25, -0.2) is 4.39 Å². The van der Waals surface area contributed by atoms with E-state index in [0.717, 1.165) is 11.3 Å². The molecule has 0 saturated carbocycles. The normalized spacial score (nSPS) is 12.4. The van der Waals surface area contributed by atoms with Crippen LogP contribution in [-0.4, -0.2) is 4.98 Å². The number of nitrogens with two attached hydrogens (primary N) is 1. The molecule has 0 aliphatic carbocycles. The van der Waals surface area contributed by atoms with Crippen LogP contribution in [0.3, 0.4) is 0 Å². The minimum absolute atomic E-state index is 0.108. The van der Waals surface area contributed by atoms with E-state index in [-0.39, 0.29) is 11.1 Å². The Bertz CT molecular complexity index is 543. The topological polar surface area (TPSA) is 38.9 Å². The molecule has 0 amide bonds. The van der Waals surface area contributed by atoms with Crippen LogP contribution in [0.5, 0.6) is 0 Å². The van der Waals surface area contributed by atoms with Crippen LogP contribution in [0.4, 0.5) is 4.39 Å². The standard InChI is InChI=1S/C13H11Cl2FN2/c14-9-2-4-13(18-7-9)12(17)6-8-1-3-10(15)11(16)5-8/h1-5,7,12H,6,17H2. The number of hydrogen-bond acceptors (Lipinski definition) is 2. The molecular weight excluding hydrogens is 274 g/mol. The molecule has 94 valence electrons. The molecule has 5 heteroatoms. The van der Waals surface area contributed by atoms with E-state index in [0.29, 0.717) is 11.4 Å². The van der Waals surface area contributed by atoms with Crippen LogP contribution in [0.1, 0.15) is 17.3 Å². The van der Waals surface area contributed by atoms with Crippen LogP contribution in [0, 0.1) is 5.82 Å². The quantitative estimate of drug-likeness (QED) is 0.932. The fraction of sp³-hybridized carbons (Fsp3) is 0.154. The molecule has 2 N–H and O–H groups in total. The first kappa shape index (κ1) is 13.3. The van der Waals surface area contributed by atoms with Crippen LogP contribution in [-0.2, 0) is 6.42 Å². The predicted octanol–water partition coefficient (Wildman–Crippen LogP) is 3.77. The van der Waals surface area contributed by atoms with Crippen LogP contribution < -0.4 is 5.73 Å². The van der Waals surface area contributed by atoms with Crippen molar-refractivity contribution in [3.8, 4) is 0 Å². The maximum atomic E-state index is 13.3. The minimum atomic E-state index is -0.439. The summed E-state index contributed by atoms with van der Waals surface area (Å²) in [5.74, 6) is -0.439. The summed E-state index contributed by atoms with van der Waals surface area (Å²) in [6, 6.07) is 7.85. The highest BCUT2D eigenvalue weighted by molar-refractivity contribution is 6.30. The molecule has 0 radical (unpaired) electrons. The Labute approximate surface area is 115 Å². The molecule has 0 spiro atoms. The maximum Gasteiger partial charge on any atom is 0.142 e. The van der Waals surface area contributed by atoms with Crippen LogP contribution >= 0.6 is 23.2 Å². The lowest BCUT2D eigenvalue weighted by molar-refractivity contribution is 0.621. The SMILES string of the molecule is NC(Cc1ccc(Cl)c(F)c1)c1ccc(Cl)cn1. The molecule has 0 aliphatic rings. The Morgan fingerprint density at radius 3 is 2.61 bits per heavy atom. The number of halogens is 3. The molecule has 1 heterocycles. The van der Waals surface area contributed by atoms with E-state index in [1.165, 1.54) is 12.1 Å². The van der Waals surface area contributed by atoms with Gasteiger partial charge < -0.3 is 5.73 Å². The van der Waals surface area contributed by atoms with Crippen molar-refractivity contribution >= 4 is 23.2 Å². The number of aromatic nitrogens is 1. The minimum Gasteiger partial charge on any atom is -0.322 e. The highest BCUT2D eigenvalue weighted by Crippen LogP contribution is 2.20. The summed E-state index contributed by atoms with van der Waals surface area (Å²) in [5.41, 5.74) is 7.50. The van der Waals surface area contributed by atoms with E-state index >= 15 is 0 Å². The smallest absolute Gasteiger partial charge is 0.142 e. The van der Waals surface area contributed by atoms with Crippen molar-refractivity contribution in [3.63, 3.8) is 0 Å². The van der Waals surface area contributed by atoms with Crippen molar-refractivity contribution in [1.82, 2.24) is 4.98 Å². The first-order valence-electron chi connectivity index (χ1n) is 5.37. The number of benzene rings is 1. The number of pyridine rings is 1. The van der Waals surface area contributed by atoms with Gasteiger partial charge in [0.15, 0.2) is 0 Å². The number of hydrogen-bond donors (Lipinski definition) is 1. The second kappa shape index (κ2) is 5.65. The summed E-state index contributed by atoms with van der Waals surface area (Å²) < 4.78 is 13.3. The van der Waals surface area contributed by atoms with Crippen molar-refractivity contribution < 1.29 is 4.39 Å². The fourth-order valence-electron chi connectivity index (χ4n) is 1.63. The summed E-state index contributed by atoms with van der Waals surface area (Å²) in [7, 11) is 0. The van der Waals surface area contributed by atoms with Gasteiger partial charge in [0.1, 0.15) is 5.82 Å². The molecule has 1 aromatic carbocycles. The van der Waals surface area contributed by atoms with Crippen molar-refractivity contribution in [2.75, 3.05) is 0 Å². The molecule has 1 atom stereocenters. The van der Waals surface area contributed by atoms with Gasteiger partial charge in [-0.1, -0.05) is 29.3 Å². The van der Waals surface area contributed by atoms with Gasteiger partial charge >= 0.3 is 0 Å². The van der Waals surface area contributed by atoms with Gasteiger partial charge in [-0.15, -0.1) is 0 Å². The lowest BCUT2D eigenvalue weighted by Crippen LogP contribution is -2.14. The summed E-state index contributed by atoms with van der Waals surface area (Å²) >= 11 is 11.4. The first-order valence-corrected chi connectivity index (χ1v) is 6.13. The van der Waals surface area contributed by atoms with E-state index < -0.39 is 5.82 Å². The molecule has 18 heavy (non-hydrogen) atoms. The Hall–Kier alpha value is -1.16. The molecular formula is C13H11Cl2FN2. The molecule has 1 unspecified atom stereocenters. The lowest BCUT2D eigenvalue weighted by atomic mass is 10.0. The van der Waals surface area contributed by atoms with Gasteiger partial charge in [-0.3, -0.25) is 4.98 Å². The van der Waals surface area contributed by atoms with E-state index in [1.54, 1.807) is 24.4 Å². The van der Waals surface area contributed by atoms with Gasteiger partial charge in [-0.05, 0) is 36.2 Å². The molecule has 0 fully saturated rings. The van der Waals surface area contributed by atoms with Crippen molar-refractivity contribution in [3.05, 3.63) is 63.6 Å². The molecule has 2 rings (SSSR count). The van der Waals surface area contributed by atoms with Gasteiger partial charge in [0, 0.05) is 6.20 Å². The second-order valence-electron chi connectivity index (χ2n) is 3.96. The summed E-state index contributed by atoms with van der Waals surface area (Å²) in [6.07, 6.45) is 2.03. The number of nitrogens with zero attached hydrogens (tertiary/aromatic N) is 1. The average Bonchev–Trinajstić information content (AvgIpc) is 2.34. The largest absolute Gasteiger partial charge is 0.322 e. The third kappa shape index (κ3) is 3.19. The predicted molar refractivity (Wildman–Crippen MR) is 71.3 cm³/mol. The van der Waals surface area contributed by atoms with Crippen molar-refractivity contribution in [1.29, 1.82) is 0 Å². The lowest BCUT2D eigenvalue weighted by Gasteiger charge is -2.11. The average molecular weight is 285 g/mol. The zero-order chi connectivity index (χ0) is 13.1. The summed E-state index contributed by atoms with van der Waals surface area (Å²) in [4.78, 5) is 4.14. The third-order valence-corrected chi connectivity index (χ3v) is 3.10. The van der Waals surface area contributed by atoms with Crippen LogP contribution in [0.2, 0.25) is 10.0 Å². The monoisotopic (exact) mass is 284 g/mol. The van der Waals surface area contributed by atoms with E-state index in [1.807, 2.05) is 0 Å². The van der Waals surface area contributed by atoms with E-state index in [9.17, 15) is 4.39 Å². The Morgan fingerprint density at radius 2 is 2.00 bits per heavy atom. The Kier molecular flexibility index (Phi) is 4.17. The Balaban J connectivity index is 2.13. The van der Waals surface area contributed by atoms with E-state index in [2.05, 4.69) is 4.98 Å². The van der Waals surface area contributed by atoms with Crippen molar-refractivity contribution in [2.45, 2.75) is 12.5 Å². The van der Waals surface area contributed by atoms with Gasteiger partial charge in [-0.2, -0.15) is 0 Å². The molecule has 2 nitrogen and oxygen atoms in total. The van der Waals surface area contributed by atoms with Crippen LogP contribution in [0.15, 0.2) is 36.5 Å². The zero-order valence-electron chi connectivity index (χ0n) is 9.41. The highest BCUT2D eigenvalue weighted by atomic mass is 35.5. The Morgan fingerprint density at radius 1 is 1.22 bits per heavy atom. The second-order valence-corrected chi connectivity index (χ2v) is 4.80.